The Morgan fingerprint density at radius 2 is 1.62 bits per heavy atom. The number of benzene rings is 3. The van der Waals surface area contributed by atoms with Gasteiger partial charge in [0.2, 0.25) is 10.0 Å². The molecule has 1 saturated carbocycles. The van der Waals surface area contributed by atoms with E-state index in [1.807, 2.05) is 59.3 Å². The molecule has 8 nitrogen and oxygen atoms in total. The van der Waals surface area contributed by atoms with Crippen LogP contribution in [0.1, 0.15) is 54.9 Å². The third kappa shape index (κ3) is 8.96. The van der Waals surface area contributed by atoms with E-state index in [9.17, 15) is 18.3 Å². The van der Waals surface area contributed by atoms with Crippen molar-refractivity contribution in [3.05, 3.63) is 83.9 Å². The minimum Gasteiger partial charge on any atom is -0.492 e. The topological polar surface area (TPSA) is 114 Å². The van der Waals surface area contributed by atoms with Crippen LogP contribution >= 0.6 is 12.4 Å². The van der Waals surface area contributed by atoms with E-state index in [4.69, 9.17) is 9.47 Å². The van der Waals surface area contributed by atoms with Crippen LogP contribution in [0.15, 0.2) is 72.8 Å². The van der Waals surface area contributed by atoms with Gasteiger partial charge in [0.1, 0.15) is 23.8 Å². The van der Waals surface area contributed by atoms with Crippen LogP contribution in [0.3, 0.4) is 0 Å². The van der Waals surface area contributed by atoms with E-state index < -0.39 is 21.7 Å². The molecule has 1 aliphatic carbocycles. The van der Waals surface area contributed by atoms with Crippen LogP contribution in [0.5, 0.6) is 11.5 Å². The Labute approximate surface area is 242 Å². The lowest BCUT2D eigenvalue weighted by Crippen LogP contribution is -2.41. The molecule has 0 aromatic heterocycles. The maximum Gasteiger partial charge on any atom is 0.268 e. The Bertz CT molecular complexity index is 1360. The first-order valence-electron chi connectivity index (χ1n) is 13.2. The minimum atomic E-state index is -3.71. The first-order valence-corrected chi connectivity index (χ1v) is 15.1. The molecule has 4 rings (SSSR count). The monoisotopic (exact) mass is 588 g/mol. The lowest BCUT2D eigenvalue weighted by molar-refractivity contribution is 0.0169. The van der Waals surface area contributed by atoms with E-state index >= 15 is 0 Å². The van der Waals surface area contributed by atoms with Crippen LogP contribution < -0.4 is 19.5 Å². The predicted molar refractivity (Wildman–Crippen MR) is 158 cm³/mol. The summed E-state index contributed by atoms with van der Waals surface area (Å²) < 4.78 is 37.4. The van der Waals surface area contributed by atoms with E-state index in [0.717, 1.165) is 55.1 Å². The molecule has 0 heterocycles. The second kappa shape index (κ2) is 14.0. The Balaban J connectivity index is 0.00000441. The number of carbonyl (C=O) groups is 1. The van der Waals surface area contributed by atoms with Crippen molar-refractivity contribution in [2.45, 2.75) is 50.9 Å². The van der Waals surface area contributed by atoms with Crippen LogP contribution in [0.2, 0.25) is 0 Å². The Kier molecular flexibility index (Phi) is 11.0. The minimum absolute atomic E-state index is 0. The van der Waals surface area contributed by atoms with Gasteiger partial charge in [0, 0.05) is 6.54 Å². The average molecular weight is 589 g/mol. The fourth-order valence-corrected chi connectivity index (χ4v) is 5.09. The number of halogens is 1. The number of hydrogen-bond donors (Lipinski definition) is 3. The predicted octanol–water partition coefficient (Wildman–Crippen LogP) is 5.01. The van der Waals surface area contributed by atoms with Gasteiger partial charge >= 0.3 is 0 Å². The highest BCUT2D eigenvalue weighted by Crippen LogP contribution is 2.32. The summed E-state index contributed by atoms with van der Waals surface area (Å²) >= 11 is 0. The molecule has 10 heteroatoms. The number of nitrogens with one attached hydrogen (secondary N) is 2. The lowest BCUT2D eigenvalue weighted by atomic mass is 9.97. The second-order valence-corrected chi connectivity index (χ2v) is 11.8. The molecule has 0 saturated heterocycles. The molecular weight excluding hydrogens is 552 g/mol. The van der Waals surface area contributed by atoms with Gasteiger partial charge < -0.3 is 14.6 Å². The van der Waals surface area contributed by atoms with Crippen molar-refractivity contribution < 1.29 is 27.8 Å². The van der Waals surface area contributed by atoms with Gasteiger partial charge in [0.15, 0.2) is 0 Å². The number of ether oxygens (including phenoxy) is 2. The van der Waals surface area contributed by atoms with Gasteiger partial charge in [-0.05, 0) is 73.6 Å². The maximum atomic E-state index is 12.7. The average Bonchev–Trinajstić information content (AvgIpc) is 2.91. The van der Waals surface area contributed by atoms with Gasteiger partial charge in [-0.15, -0.1) is 12.4 Å². The molecule has 216 valence electrons. The highest BCUT2D eigenvalue weighted by Gasteiger charge is 2.22. The zero-order valence-corrected chi connectivity index (χ0v) is 24.4. The summed E-state index contributed by atoms with van der Waals surface area (Å²) in [6, 6.07) is 22.1. The van der Waals surface area contributed by atoms with Crippen LogP contribution in [-0.4, -0.2) is 44.9 Å². The van der Waals surface area contributed by atoms with Gasteiger partial charge in [-0.3, -0.25) is 10.1 Å². The standard InChI is InChI=1S/C30H36N2O6S.ClH/c1-30(34,24-9-5-3-6-10-24)31-19-20-37-25-16-13-22(14-17-25)23-15-18-27(29(33)32-39(2,35)36)28(21-23)38-26-11-7-4-8-12-26;/h3,5-6,9-10,13-18,21,26,31,34H,4,7-8,11-12,19-20H2,1-2H3,(H,32,33);1H/t30-;/m0./s1. The summed E-state index contributed by atoms with van der Waals surface area (Å²) in [4.78, 5) is 12.7. The fourth-order valence-electron chi connectivity index (χ4n) is 4.64. The zero-order chi connectivity index (χ0) is 27.9. The van der Waals surface area contributed by atoms with Gasteiger partial charge in [0.05, 0.1) is 17.9 Å². The molecule has 0 spiro atoms. The molecule has 1 atom stereocenters. The van der Waals surface area contributed by atoms with Crippen molar-refractivity contribution in [3.63, 3.8) is 0 Å². The van der Waals surface area contributed by atoms with Gasteiger partial charge in [0.25, 0.3) is 5.91 Å². The summed E-state index contributed by atoms with van der Waals surface area (Å²) in [6.07, 6.45) is 6.04. The fraction of sp³-hybridized carbons (Fsp3) is 0.367. The number of rotatable bonds is 11. The van der Waals surface area contributed by atoms with E-state index in [-0.39, 0.29) is 24.1 Å². The van der Waals surface area contributed by atoms with Gasteiger partial charge in [-0.2, -0.15) is 0 Å². The molecule has 0 radical (unpaired) electrons. The first kappa shape index (κ1) is 31.4. The zero-order valence-electron chi connectivity index (χ0n) is 22.8. The van der Waals surface area contributed by atoms with Crippen LogP contribution in [0.25, 0.3) is 11.1 Å². The third-order valence-electron chi connectivity index (χ3n) is 6.71. The Morgan fingerprint density at radius 3 is 2.27 bits per heavy atom. The third-order valence-corrected chi connectivity index (χ3v) is 7.27. The van der Waals surface area contributed by atoms with Crippen molar-refractivity contribution in [2.75, 3.05) is 19.4 Å². The van der Waals surface area contributed by atoms with E-state index in [1.54, 1.807) is 25.1 Å². The molecule has 40 heavy (non-hydrogen) atoms. The van der Waals surface area contributed by atoms with Crippen LogP contribution in [0, 0.1) is 0 Å². The Morgan fingerprint density at radius 1 is 0.975 bits per heavy atom. The number of aliphatic hydroxyl groups is 1. The van der Waals surface area contributed by atoms with E-state index in [2.05, 4.69) is 5.32 Å². The highest BCUT2D eigenvalue weighted by atomic mass is 35.5. The molecule has 0 aliphatic heterocycles. The molecule has 0 bridgehead atoms. The first-order chi connectivity index (χ1) is 18.6. The molecule has 1 fully saturated rings. The summed E-state index contributed by atoms with van der Waals surface area (Å²) in [5.41, 5.74) is 1.55. The summed E-state index contributed by atoms with van der Waals surface area (Å²) in [5.74, 6) is 0.346. The lowest BCUT2D eigenvalue weighted by Gasteiger charge is -2.25. The smallest absolute Gasteiger partial charge is 0.268 e. The molecule has 3 N–H and O–H groups in total. The summed E-state index contributed by atoms with van der Waals surface area (Å²) in [7, 11) is -3.71. The molecule has 1 aliphatic rings. The number of carbonyl (C=O) groups excluding carboxylic acids is 1. The van der Waals surface area contributed by atoms with Crippen LogP contribution in [-0.2, 0) is 15.7 Å². The van der Waals surface area contributed by atoms with Crippen molar-refractivity contribution in [1.29, 1.82) is 0 Å². The molecular formula is C30H37ClN2O6S. The van der Waals surface area contributed by atoms with E-state index in [0.29, 0.717) is 24.7 Å². The second-order valence-electron chi connectivity index (χ2n) is 10.0. The van der Waals surface area contributed by atoms with Crippen LogP contribution in [0.4, 0.5) is 0 Å². The largest absolute Gasteiger partial charge is 0.492 e. The highest BCUT2D eigenvalue weighted by molar-refractivity contribution is 7.89. The summed E-state index contributed by atoms with van der Waals surface area (Å²) in [6.45, 7) is 2.52. The SMILES string of the molecule is C[C@@](O)(NCCOc1ccc(-c2ccc(C(=O)NS(C)(=O)=O)c(OC3CCCCC3)c2)cc1)c1ccccc1.Cl. The van der Waals surface area contributed by atoms with Crippen molar-refractivity contribution >= 4 is 28.3 Å². The molecule has 3 aromatic carbocycles. The van der Waals surface area contributed by atoms with Crippen molar-refractivity contribution in [2.24, 2.45) is 0 Å². The van der Waals surface area contributed by atoms with Crippen molar-refractivity contribution in [3.8, 4) is 22.6 Å². The van der Waals surface area contributed by atoms with Crippen molar-refractivity contribution in [1.82, 2.24) is 10.0 Å². The normalized spacial score (nSPS) is 15.4. The number of sulfonamides is 1. The number of amides is 1. The number of hydrogen-bond acceptors (Lipinski definition) is 7. The molecule has 0 unspecified atom stereocenters. The Hall–Kier alpha value is -3.11. The molecule has 3 aromatic rings. The van der Waals surface area contributed by atoms with Gasteiger partial charge in [-0.25, -0.2) is 13.1 Å². The maximum absolute atomic E-state index is 12.7. The molecule has 1 amide bonds. The van der Waals surface area contributed by atoms with Gasteiger partial charge in [-0.1, -0.05) is 55.0 Å². The summed E-state index contributed by atoms with van der Waals surface area (Å²) in [5, 5.41) is 13.7. The quantitative estimate of drug-likeness (QED) is 0.213. The van der Waals surface area contributed by atoms with E-state index in [1.165, 1.54) is 0 Å².